The molecule has 19 heavy (non-hydrogen) atoms. The first-order chi connectivity index (χ1) is 8.98. The monoisotopic (exact) mass is 257 g/mol. The van der Waals surface area contributed by atoms with Gasteiger partial charge in [-0.05, 0) is 37.5 Å². The maximum Gasteiger partial charge on any atom is 0.117 e. The Morgan fingerprint density at radius 2 is 1.74 bits per heavy atom. The van der Waals surface area contributed by atoms with E-state index in [2.05, 4.69) is 58.0 Å². The molecule has 2 rings (SSSR count). The molecule has 2 heteroatoms. The van der Waals surface area contributed by atoms with Gasteiger partial charge < -0.3 is 10.2 Å². The first-order valence-corrected chi connectivity index (χ1v) is 6.85. The van der Waals surface area contributed by atoms with E-state index in [1.54, 1.807) is 0 Å². The van der Waals surface area contributed by atoms with Gasteiger partial charge in [-0.2, -0.15) is 0 Å². The fraction of sp³-hybridized carbons (Fsp3) is 0.412. The van der Waals surface area contributed by atoms with Crippen LogP contribution in [0.5, 0.6) is 0 Å². The van der Waals surface area contributed by atoms with Crippen molar-refractivity contribution in [3.63, 3.8) is 0 Å². The van der Waals surface area contributed by atoms with Crippen molar-refractivity contribution >= 4 is 0 Å². The quantitative estimate of drug-likeness (QED) is 0.899. The SMILES string of the molecule is Cc1ccc(C(C)(c2ccc(CN)o2)C(C)C)cc1. The van der Waals surface area contributed by atoms with Crippen LogP contribution in [0.1, 0.15) is 43.4 Å². The summed E-state index contributed by atoms with van der Waals surface area (Å²) >= 11 is 0. The van der Waals surface area contributed by atoms with Crippen molar-refractivity contribution in [2.45, 2.75) is 39.7 Å². The van der Waals surface area contributed by atoms with Crippen LogP contribution >= 0.6 is 0 Å². The van der Waals surface area contributed by atoms with Gasteiger partial charge in [-0.25, -0.2) is 0 Å². The number of hydrogen-bond acceptors (Lipinski definition) is 2. The van der Waals surface area contributed by atoms with E-state index in [9.17, 15) is 0 Å². The minimum atomic E-state index is -0.124. The fourth-order valence-electron chi connectivity index (χ4n) is 2.43. The molecule has 1 aromatic heterocycles. The maximum atomic E-state index is 5.92. The van der Waals surface area contributed by atoms with Crippen LogP contribution in [0.15, 0.2) is 40.8 Å². The molecule has 2 N–H and O–H groups in total. The summed E-state index contributed by atoms with van der Waals surface area (Å²) in [6, 6.07) is 12.7. The van der Waals surface area contributed by atoms with Gasteiger partial charge >= 0.3 is 0 Å². The molecule has 1 atom stereocenters. The Kier molecular flexibility index (Phi) is 3.81. The van der Waals surface area contributed by atoms with Gasteiger partial charge in [0.1, 0.15) is 11.5 Å². The van der Waals surface area contributed by atoms with E-state index < -0.39 is 0 Å². The van der Waals surface area contributed by atoms with Gasteiger partial charge in [0.15, 0.2) is 0 Å². The molecule has 0 aliphatic carbocycles. The van der Waals surface area contributed by atoms with Crippen LogP contribution in [0.2, 0.25) is 0 Å². The van der Waals surface area contributed by atoms with Crippen molar-refractivity contribution in [1.29, 1.82) is 0 Å². The highest BCUT2D eigenvalue weighted by Gasteiger charge is 2.35. The molecule has 0 bridgehead atoms. The van der Waals surface area contributed by atoms with Crippen LogP contribution in [0.4, 0.5) is 0 Å². The number of benzene rings is 1. The molecule has 0 saturated carbocycles. The van der Waals surface area contributed by atoms with E-state index in [1.807, 2.05) is 6.07 Å². The first kappa shape index (κ1) is 13.9. The summed E-state index contributed by atoms with van der Waals surface area (Å²) < 4.78 is 5.92. The minimum Gasteiger partial charge on any atom is -0.464 e. The van der Waals surface area contributed by atoms with Crippen LogP contribution in [0, 0.1) is 12.8 Å². The Balaban J connectivity index is 2.51. The molecule has 1 aromatic carbocycles. The molecule has 0 aliphatic heterocycles. The lowest BCUT2D eigenvalue weighted by Crippen LogP contribution is -2.29. The number of rotatable bonds is 4. The van der Waals surface area contributed by atoms with Crippen molar-refractivity contribution in [3.05, 3.63) is 59.0 Å². The predicted octanol–water partition coefficient (Wildman–Crippen LogP) is 4.01. The van der Waals surface area contributed by atoms with E-state index in [4.69, 9.17) is 10.2 Å². The Hall–Kier alpha value is -1.54. The zero-order chi connectivity index (χ0) is 14.0. The molecule has 0 spiro atoms. The lowest BCUT2D eigenvalue weighted by atomic mass is 9.71. The van der Waals surface area contributed by atoms with Crippen LogP contribution in [-0.2, 0) is 12.0 Å². The maximum absolute atomic E-state index is 5.92. The van der Waals surface area contributed by atoms with Crippen molar-refractivity contribution in [2.24, 2.45) is 11.7 Å². The number of furan rings is 1. The third-order valence-corrected chi connectivity index (χ3v) is 4.18. The van der Waals surface area contributed by atoms with Gasteiger partial charge in [-0.15, -0.1) is 0 Å². The molecule has 0 radical (unpaired) electrons. The molecule has 0 fully saturated rings. The Bertz CT molecular complexity index is 539. The second kappa shape index (κ2) is 5.22. The largest absolute Gasteiger partial charge is 0.464 e. The first-order valence-electron chi connectivity index (χ1n) is 6.85. The van der Waals surface area contributed by atoms with Gasteiger partial charge in [-0.3, -0.25) is 0 Å². The Morgan fingerprint density at radius 1 is 1.11 bits per heavy atom. The second-order valence-corrected chi connectivity index (χ2v) is 5.69. The summed E-state index contributed by atoms with van der Waals surface area (Å²) in [5.74, 6) is 2.27. The van der Waals surface area contributed by atoms with Gasteiger partial charge in [-0.1, -0.05) is 43.7 Å². The van der Waals surface area contributed by atoms with Gasteiger partial charge in [0.2, 0.25) is 0 Å². The van der Waals surface area contributed by atoms with Crippen LogP contribution in [0.3, 0.4) is 0 Å². The van der Waals surface area contributed by atoms with E-state index >= 15 is 0 Å². The number of nitrogens with two attached hydrogens (primary N) is 1. The molecule has 1 unspecified atom stereocenters. The highest BCUT2D eigenvalue weighted by Crippen LogP contribution is 2.39. The van der Waals surface area contributed by atoms with Crippen molar-refractivity contribution < 1.29 is 4.42 Å². The molecule has 0 saturated heterocycles. The van der Waals surface area contributed by atoms with Crippen LogP contribution in [-0.4, -0.2) is 0 Å². The van der Waals surface area contributed by atoms with E-state index in [1.165, 1.54) is 11.1 Å². The highest BCUT2D eigenvalue weighted by molar-refractivity contribution is 5.36. The average molecular weight is 257 g/mol. The molecule has 0 amide bonds. The minimum absolute atomic E-state index is 0.124. The fourth-order valence-corrected chi connectivity index (χ4v) is 2.43. The van der Waals surface area contributed by atoms with E-state index in [0.717, 1.165) is 11.5 Å². The van der Waals surface area contributed by atoms with E-state index in [-0.39, 0.29) is 5.41 Å². The number of hydrogen-bond donors (Lipinski definition) is 1. The summed E-state index contributed by atoms with van der Waals surface area (Å²) in [7, 11) is 0. The average Bonchev–Trinajstić information content (AvgIpc) is 2.87. The molecule has 102 valence electrons. The molecular weight excluding hydrogens is 234 g/mol. The molecular formula is C17H23NO. The van der Waals surface area contributed by atoms with E-state index in [0.29, 0.717) is 12.5 Å². The molecule has 0 aliphatic rings. The van der Waals surface area contributed by atoms with Gasteiger partial charge in [0.25, 0.3) is 0 Å². The van der Waals surface area contributed by atoms with Crippen molar-refractivity contribution in [3.8, 4) is 0 Å². The lowest BCUT2D eigenvalue weighted by molar-refractivity contribution is 0.315. The summed E-state index contributed by atoms with van der Waals surface area (Å²) in [5.41, 5.74) is 8.08. The zero-order valence-corrected chi connectivity index (χ0v) is 12.2. The summed E-state index contributed by atoms with van der Waals surface area (Å²) in [5, 5.41) is 0. The predicted molar refractivity (Wildman–Crippen MR) is 79.1 cm³/mol. The zero-order valence-electron chi connectivity index (χ0n) is 12.2. The molecule has 1 heterocycles. The van der Waals surface area contributed by atoms with Crippen molar-refractivity contribution in [2.75, 3.05) is 0 Å². The second-order valence-electron chi connectivity index (χ2n) is 5.69. The van der Waals surface area contributed by atoms with Crippen molar-refractivity contribution in [1.82, 2.24) is 0 Å². The summed E-state index contributed by atoms with van der Waals surface area (Å²) in [6.07, 6.45) is 0. The summed E-state index contributed by atoms with van der Waals surface area (Å²) in [4.78, 5) is 0. The van der Waals surface area contributed by atoms with Gasteiger partial charge in [0.05, 0.1) is 12.0 Å². The number of aryl methyl sites for hydroxylation is 1. The normalized spacial score (nSPS) is 14.6. The van der Waals surface area contributed by atoms with Crippen LogP contribution in [0.25, 0.3) is 0 Å². The third kappa shape index (κ3) is 2.45. The lowest BCUT2D eigenvalue weighted by Gasteiger charge is -2.32. The third-order valence-electron chi connectivity index (χ3n) is 4.18. The Labute approximate surface area is 115 Å². The standard InChI is InChI=1S/C17H23NO/c1-12(2)17(4,14-7-5-13(3)6-8-14)16-10-9-15(11-18)19-16/h5-10,12H,11,18H2,1-4H3. The van der Waals surface area contributed by atoms with Gasteiger partial charge in [0, 0.05) is 0 Å². The smallest absolute Gasteiger partial charge is 0.117 e. The van der Waals surface area contributed by atoms with Crippen LogP contribution < -0.4 is 5.73 Å². The topological polar surface area (TPSA) is 39.2 Å². The highest BCUT2D eigenvalue weighted by atomic mass is 16.3. The summed E-state index contributed by atoms with van der Waals surface area (Å²) in [6.45, 7) is 9.24. The Morgan fingerprint density at radius 3 is 2.21 bits per heavy atom. The molecule has 2 nitrogen and oxygen atoms in total. The molecule has 2 aromatic rings.